The predicted molar refractivity (Wildman–Crippen MR) is 56.7 cm³/mol. The van der Waals surface area contributed by atoms with Crippen molar-refractivity contribution in [3.8, 4) is 5.75 Å². The summed E-state index contributed by atoms with van der Waals surface area (Å²) in [5, 5.41) is 0. The Labute approximate surface area is 87.0 Å². The van der Waals surface area contributed by atoms with E-state index in [-0.39, 0.29) is 5.82 Å². The van der Waals surface area contributed by atoms with Gasteiger partial charge in [0.1, 0.15) is 11.6 Å². The summed E-state index contributed by atoms with van der Waals surface area (Å²) in [5.41, 5.74) is 0.799. The third-order valence-corrected chi connectivity index (χ3v) is 2.05. The van der Waals surface area contributed by atoms with Crippen molar-refractivity contribution in [3.63, 3.8) is 0 Å². The molecule has 0 aliphatic heterocycles. The van der Waals surface area contributed by atoms with Crippen LogP contribution in [0.15, 0.2) is 16.6 Å². The number of rotatable bonds is 1. The lowest BCUT2D eigenvalue weighted by Crippen LogP contribution is -1.88. The first-order chi connectivity index (χ1) is 6.15. The molecule has 0 fully saturated rings. The summed E-state index contributed by atoms with van der Waals surface area (Å²) in [6, 6.07) is 3.05. The molecule has 0 saturated carbocycles. The molecule has 0 aliphatic rings. The number of halogens is 2. The van der Waals surface area contributed by atoms with Crippen molar-refractivity contribution in [3.05, 3.63) is 28.0 Å². The van der Waals surface area contributed by atoms with Crippen molar-refractivity contribution in [2.45, 2.75) is 20.8 Å². The molecular formula is C10H14BrFO. The second kappa shape index (κ2) is 5.97. The normalized spacial score (nSPS) is 8.77. The molecule has 1 nitrogen and oxygen atoms in total. The molecule has 1 rings (SSSR count). The average molecular weight is 249 g/mol. The Balaban J connectivity index is 0.000000671. The summed E-state index contributed by atoms with van der Waals surface area (Å²) in [6.45, 7) is 5.80. The van der Waals surface area contributed by atoms with Gasteiger partial charge in [-0.1, -0.05) is 13.8 Å². The van der Waals surface area contributed by atoms with Crippen LogP contribution in [0, 0.1) is 12.7 Å². The highest BCUT2D eigenvalue weighted by Gasteiger charge is 2.03. The number of ether oxygens (including phenoxy) is 1. The Morgan fingerprint density at radius 1 is 1.31 bits per heavy atom. The molecule has 0 aliphatic carbocycles. The average Bonchev–Trinajstić information content (AvgIpc) is 2.15. The first-order valence-corrected chi connectivity index (χ1v) is 4.94. The van der Waals surface area contributed by atoms with Crippen LogP contribution >= 0.6 is 15.9 Å². The van der Waals surface area contributed by atoms with Gasteiger partial charge >= 0.3 is 0 Å². The predicted octanol–water partition coefficient (Wildman–Crippen LogP) is 3.93. The standard InChI is InChI=1S/C8H8BrFO.C2H6/c1-5-3-7(10)6(9)4-8(5)11-2;1-2/h3-4H,1-2H3;1-2H3. The highest BCUT2D eigenvalue weighted by Crippen LogP contribution is 2.25. The van der Waals surface area contributed by atoms with Gasteiger partial charge < -0.3 is 4.74 Å². The molecule has 0 atom stereocenters. The van der Waals surface area contributed by atoms with Crippen LogP contribution in [0.1, 0.15) is 19.4 Å². The largest absolute Gasteiger partial charge is 0.496 e. The van der Waals surface area contributed by atoms with Crippen LogP contribution in [0.4, 0.5) is 4.39 Å². The van der Waals surface area contributed by atoms with Gasteiger partial charge in [0, 0.05) is 0 Å². The van der Waals surface area contributed by atoms with Gasteiger partial charge in [-0.15, -0.1) is 0 Å². The summed E-state index contributed by atoms with van der Waals surface area (Å²) in [4.78, 5) is 0. The molecule has 0 unspecified atom stereocenters. The van der Waals surface area contributed by atoms with E-state index in [0.29, 0.717) is 10.2 Å². The Morgan fingerprint density at radius 2 is 1.85 bits per heavy atom. The molecule has 74 valence electrons. The quantitative estimate of drug-likeness (QED) is 0.732. The Kier molecular flexibility index (Phi) is 5.71. The van der Waals surface area contributed by atoms with Crippen molar-refractivity contribution in [2.75, 3.05) is 7.11 Å². The molecule has 0 radical (unpaired) electrons. The molecule has 1 aromatic rings. The third-order valence-electron chi connectivity index (χ3n) is 1.44. The van der Waals surface area contributed by atoms with Gasteiger partial charge in [-0.3, -0.25) is 0 Å². The smallest absolute Gasteiger partial charge is 0.137 e. The van der Waals surface area contributed by atoms with E-state index in [9.17, 15) is 4.39 Å². The van der Waals surface area contributed by atoms with Gasteiger partial charge in [0.15, 0.2) is 0 Å². The molecule has 0 bridgehead atoms. The minimum atomic E-state index is -0.261. The molecule has 1 aromatic carbocycles. The minimum absolute atomic E-state index is 0.261. The van der Waals surface area contributed by atoms with E-state index >= 15 is 0 Å². The fourth-order valence-electron chi connectivity index (χ4n) is 0.848. The minimum Gasteiger partial charge on any atom is -0.496 e. The number of benzene rings is 1. The fourth-order valence-corrected chi connectivity index (χ4v) is 1.17. The van der Waals surface area contributed by atoms with Crippen LogP contribution in [0.3, 0.4) is 0 Å². The SMILES string of the molecule is CC.COc1cc(Br)c(F)cc1C. The zero-order chi connectivity index (χ0) is 10.4. The first-order valence-electron chi connectivity index (χ1n) is 4.15. The molecule has 0 heterocycles. The molecule has 3 heteroatoms. The zero-order valence-corrected chi connectivity index (χ0v) is 9.90. The van der Waals surface area contributed by atoms with Crippen molar-refractivity contribution in [1.29, 1.82) is 0 Å². The third kappa shape index (κ3) is 3.35. The van der Waals surface area contributed by atoms with Gasteiger partial charge in [-0.2, -0.15) is 0 Å². The van der Waals surface area contributed by atoms with Crippen molar-refractivity contribution in [1.82, 2.24) is 0 Å². The maximum Gasteiger partial charge on any atom is 0.137 e. The first kappa shape index (κ1) is 12.4. The van der Waals surface area contributed by atoms with Gasteiger partial charge in [-0.05, 0) is 40.5 Å². The van der Waals surface area contributed by atoms with Crippen molar-refractivity contribution < 1.29 is 9.13 Å². The van der Waals surface area contributed by atoms with Crippen LogP contribution in [-0.4, -0.2) is 7.11 Å². The Morgan fingerprint density at radius 3 is 2.31 bits per heavy atom. The maximum atomic E-state index is 12.8. The second-order valence-electron chi connectivity index (χ2n) is 2.24. The van der Waals surface area contributed by atoms with E-state index in [0.717, 1.165) is 5.56 Å². The molecule has 0 N–H and O–H groups in total. The molecule has 13 heavy (non-hydrogen) atoms. The van der Waals surface area contributed by atoms with E-state index < -0.39 is 0 Å². The van der Waals surface area contributed by atoms with Crippen molar-refractivity contribution in [2.24, 2.45) is 0 Å². The molecule has 0 saturated heterocycles. The van der Waals surface area contributed by atoms with Crippen LogP contribution < -0.4 is 4.74 Å². The van der Waals surface area contributed by atoms with E-state index in [1.54, 1.807) is 20.1 Å². The topological polar surface area (TPSA) is 9.23 Å². The Hall–Kier alpha value is -0.570. The second-order valence-corrected chi connectivity index (χ2v) is 3.09. The van der Waals surface area contributed by atoms with Gasteiger partial charge in [0.05, 0.1) is 11.6 Å². The van der Waals surface area contributed by atoms with Crippen LogP contribution in [-0.2, 0) is 0 Å². The monoisotopic (exact) mass is 248 g/mol. The van der Waals surface area contributed by atoms with Crippen LogP contribution in [0.2, 0.25) is 0 Å². The lowest BCUT2D eigenvalue weighted by atomic mass is 10.2. The summed E-state index contributed by atoms with van der Waals surface area (Å²) in [6.07, 6.45) is 0. The van der Waals surface area contributed by atoms with Gasteiger partial charge in [0.25, 0.3) is 0 Å². The van der Waals surface area contributed by atoms with Crippen LogP contribution in [0.25, 0.3) is 0 Å². The number of hydrogen-bond donors (Lipinski definition) is 0. The number of hydrogen-bond acceptors (Lipinski definition) is 1. The van der Waals surface area contributed by atoms with Gasteiger partial charge in [0.2, 0.25) is 0 Å². The lowest BCUT2D eigenvalue weighted by molar-refractivity contribution is 0.410. The van der Waals surface area contributed by atoms with E-state index in [4.69, 9.17) is 4.74 Å². The van der Waals surface area contributed by atoms with E-state index in [1.165, 1.54) is 6.07 Å². The molecular weight excluding hydrogens is 235 g/mol. The van der Waals surface area contributed by atoms with E-state index in [1.807, 2.05) is 13.8 Å². The fraction of sp³-hybridized carbons (Fsp3) is 0.400. The lowest BCUT2D eigenvalue weighted by Gasteiger charge is -2.04. The summed E-state index contributed by atoms with van der Waals surface area (Å²) in [5.74, 6) is 0.432. The number of methoxy groups -OCH3 is 1. The summed E-state index contributed by atoms with van der Waals surface area (Å²) in [7, 11) is 1.56. The Bertz CT molecular complexity index is 274. The summed E-state index contributed by atoms with van der Waals surface area (Å²) >= 11 is 3.07. The molecule has 0 aromatic heterocycles. The van der Waals surface area contributed by atoms with Crippen molar-refractivity contribution >= 4 is 15.9 Å². The summed E-state index contributed by atoms with van der Waals surface area (Å²) < 4.78 is 18.2. The molecule has 0 spiro atoms. The molecule has 0 amide bonds. The van der Waals surface area contributed by atoms with E-state index in [2.05, 4.69) is 15.9 Å². The maximum absolute atomic E-state index is 12.8. The highest BCUT2D eigenvalue weighted by atomic mass is 79.9. The highest BCUT2D eigenvalue weighted by molar-refractivity contribution is 9.10. The zero-order valence-electron chi connectivity index (χ0n) is 8.32. The van der Waals surface area contributed by atoms with Crippen LogP contribution in [0.5, 0.6) is 5.75 Å². The van der Waals surface area contributed by atoms with Gasteiger partial charge in [-0.25, -0.2) is 4.39 Å². The number of aryl methyl sites for hydroxylation is 1.